The number of nitrogens with zero attached hydrogens (tertiary/aromatic N) is 2. The van der Waals surface area contributed by atoms with Crippen LogP contribution in [-0.2, 0) is 35.6 Å². The van der Waals surface area contributed by atoms with Crippen molar-refractivity contribution in [1.82, 2.24) is 25.2 Å². The highest BCUT2D eigenvalue weighted by Crippen LogP contribution is 2.48. The Morgan fingerprint density at radius 3 is 2.58 bits per heavy atom. The molecule has 1 saturated heterocycles. The molecular weight excluding hydrogens is 727 g/mol. The summed E-state index contributed by atoms with van der Waals surface area (Å²) in [7, 11) is -3.99. The summed E-state index contributed by atoms with van der Waals surface area (Å²) in [5.41, 5.74) is -1.25. The Balaban J connectivity index is 1.22. The highest BCUT2D eigenvalue weighted by atomic mass is 32.2. The predicted molar refractivity (Wildman–Crippen MR) is 204 cm³/mol. The molecule has 55 heavy (non-hydrogen) atoms. The first-order valence-corrected chi connectivity index (χ1v) is 20.9. The maximum Gasteiger partial charge on any atom is 0.408 e. The Hall–Kier alpha value is -4.40. The molecule has 7 unspecified atom stereocenters. The van der Waals surface area contributed by atoms with Crippen LogP contribution in [0.4, 0.5) is 4.79 Å². The number of hydrogen-bond acceptors (Lipinski definition) is 10. The third kappa shape index (κ3) is 7.86. The van der Waals surface area contributed by atoms with Crippen molar-refractivity contribution in [3.63, 3.8) is 0 Å². The van der Waals surface area contributed by atoms with Crippen LogP contribution in [0, 0.1) is 17.8 Å². The first-order chi connectivity index (χ1) is 25.9. The van der Waals surface area contributed by atoms with Crippen molar-refractivity contribution in [3.8, 4) is 11.6 Å². The molecule has 7 atom stereocenters. The lowest BCUT2D eigenvalue weighted by Gasteiger charge is -2.33. The summed E-state index contributed by atoms with van der Waals surface area (Å²) >= 11 is 0. The summed E-state index contributed by atoms with van der Waals surface area (Å²) in [5, 5.41) is 7.31. The molecule has 5 aliphatic rings. The number of carbonyl (C=O) groups is 4. The number of carbonyl (C=O) groups excluding carboxylic acids is 4. The maximum absolute atomic E-state index is 14.8. The Labute approximate surface area is 322 Å². The molecule has 2 aliphatic carbocycles. The van der Waals surface area contributed by atoms with E-state index >= 15 is 0 Å². The number of ether oxygens (including phenoxy) is 3. The summed E-state index contributed by atoms with van der Waals surface area (Å²) in [5.74, 6) is -1.42. The first-order valence-electron chi connectivity index (χ1n) is 19.5. The van der Waals surface area contributed by atoms with Gasteiger partial charge in [0, 0.05) is 35.7 Å². The van der Waals surface area contributed by atoms with E-state index in [4.69, 9.17) is 14.2 Å². The molecule has 2 saturated carbocycles. The zero-order chi connectivity index (χ0) is 39.5. The average Bonchev–Trinajstić information content (AvgIpc) is 3.88. The molecule has 15 heteroatoms. The minimum absolute atomic E-state index is 0.0134. The number of fused-ring (bicyclic) bond motifs is 5. The van der Waals surface area contributed by atoms with Crippen molar-refractivity contribution in [2.45, 2.75) is 127 Å². The van der Waals surface area contributed by atoms with E-state index in [1.54, 1.807) is 33.9 Å². The van der Waals surface area contributed by atoms with Crippen molar-refractivity contribution >= 4 is 44.6 Å². The van der Waals surface area contributed by atoms with Gasteiger partial charge in [-0.1, -0.05) is 32.1 Å². The van der Waals surface area contributed by atoms with Gasteiger partial charge in [0.2, 0.25) is 27.7 Å². The van der Waals surface area contributed by atoms with Gasteiger partial charge in [-0.05, 0) is 95.8 Å². The fraction of sp³-hybridized carbons (Fsp3) is 0.625. The molecule has 7 rings (SSSR count). The average molecular weight is 780 g/mol. The number of hydrogen-bond donors (Lipinski definition) is 3. The van der Waals surface area contributed by atoms with Crippen molar-refractivity contribution in [2.24, 2.45) is 17.8 Å². The molecule has 3 N–H and O–H groups in total. The van der Waals surface area contributed by atoms with Crippen LogP contribution in [0.3, 0.4) is 0 Å². The molecule has 0 bridgehead atoms. The summed E-state index contributed by atoms with van der Waals surface area (Å²) in [6.45, 7) is 11.4. The molecule has 3 aliphatic heterocycles. The zero-order valence-electron chi connectivity index (χ0n) is 32.5. The number of rotatable bonds is 6. The van der Waals surface area contributed by atoms with E-state index in [1.807, 2.05) is 37.3 Å². The molecule has 4 amide bonds. The lowest BCUT2D eigenvalue weighted by atomic mass is 9.88. The van der Waals surface area contributed by atoms with Crippen molar-refractivity contribution in [3.05, 3.63) is 42.1 Å². The highest BCUT2D eigenvalue weighted by molar-refractivity contribution is 7.91. The van der Waals surface area contributed by atoms with Gasteiger partial charge in [0.25, 0.3) is 5.91 Å². The van der Waals surface area contributed by atoms with Gasteiger partial charge < -0.3 is 29.7 Å². The van der Waals surface area contributed by atoms with E-state index in [9.17, 15) is 27.6 Å². The van der Waals surface area contributed by atoms with Gasteiger partial charge in [0.1, 0.15) is 35.1 Å². The Kier molecular flexibility index (Phi) is 10.1. The number of sulfonamides is 1. The molecule has 4 heterocycles. The minimum Gasteiger partial charge on any atom is -0.492 e. The lowest BCUT2D eigenvalue weighted by molar-refractivity contribution is -0.142. The van der Waals surface area contributed by atoms with Crippen LogP contribution >= 0.6 is 0 Å². The number of amides is 4. The third-order valence-corrected chi connectivity index (χ3v) is 13.9. The number of pyridine rings is 1. The van der Waals surface area contributed by atoms with Crippen LogP contribution in [0.25, 0.3) is 10.8 Å². The molecule has 3 fully saturated rings. The minimum atomic E-state index is -3.99. The summed E-state index contributed by atoms with van der Waals surface area (Å²) < 4.78 is 45.6. The van der Waals surface area contributed by atoms with Crippen LogP contribution < -0.4 is 24.8 Å². The van der Waals surface area contributed by atoms with E-state index in [0.717, 1.165) is 34.9 Å². The van der Waals surface area contributed by atoms with Crippen LogP contribution in [-0.4, -0.2) is 89.3 Å². The largest absolute Gasteiger partial charge is 0.492 e. The lowest BCUT2D eigenvalue weighted by Crippen LogP contribution is -2.59. The second-order valence-corrected chi connectivity index (χ2v) is 19.6. The molecule has 298 valence electrons. The number of allylic oxidation sites excluding steroid dienone is 1. The fourth-order valence-corrected chi connectivity index (χ4v) is 9.47. The maximum atomic E-state index is 14.8. The normalized spacial score (nSPS) is 30.4. The molecule has 14 nitrogen and oxygen atoms in total. The quantitative estimate of drug-likeness (QED) is 0.358. The van der Waals surface area contributed by atoms with Gasteiger partial charge in [0.05, 0.1) is 17.9 Å². The molecule has 0 radical (unpaired) electrons. The zero-order valence-corrected chi connectivity index (χ0v) is 33.3. The van der Waals surface area contributed by atoms with E-state index in [2.05, 4.69) is 27.3 Å². The first kappa shape index (κ1) is 38.9. The summed E-state index contributed by atoms with van der Waals surface area (Å²) in [6.07, 6.45) is 8.01. The van der Waals surface area contributed by atoms with Crippen molar-refractivity contribution in [1.29, 1.82) is 0 Å². The Morgan fingerprint density at radius 2 is 1.85 bits per heavy atom. The number of nitrogens with one attached hydrogen (secondary N) is 3. The van der Waals surface area contributed by atoms with Crippen LogP contribution in [0.5, 0.6) is 11.6 Å². The van der Waals surface area contributed by atoms with Gasteiger partial charge in [0.15, 0.2) is 0 Å². The van der Waals surface area contributed by atoms with E-state index in [0.29, 0.717) is 38.2 Å². The Bertz CT molecular complexity index is 2030. The van der Waals surface area contributed by atoms with Gasteiger partial charge in [-0.25, -0.2) is 18.2 Å². The van der Waals surface area contributed by atoms with E-state index in [-0.39, 0.29) is 31.2 Å². The van der Waals surface area contributed by atoms with Crippen molar-refractivity contribution < 1.29 is 41.8 Å². The topological polar surface area (TPSA) is 182 Å². The highest BCUT2D eigenvalue weighted by Gasteiger charge is 2.63. The van der Waals surface area contributed by atoms with Crippen LogP contribution in [0.1, 0.15) is 92.1 Å². The van der Waals surface area contributed by atoms with E-state index < -0.39 is 73.8 Å². The monoisotopic (exact) mass is 779 g/mol. The molecule has 0 spiro atoms. The van der Waals surface area contributed by atoms with Crippen molar-refractivity contribution in [2.75, 3.05) is 13.2 Å². The number of alkyl carbamates (subject to hydrolysis) is 1. The van der Waals surface area contributed by atoms with Gasteiger partial charge in [-0.2, -0.15) is 0 Å². The van der Waals surface area contributed by atoms with Gasteiger partial charge in [-0.3, -0.25) is 19.1 Å². The second kappa shape index (κ2) is 14.3. The summed E-state index contributed by atoms with van der Waals surface area (Å²) in [4.78, 5) is 62.4. The van der Waals surface area contributed by atoms with Gasteiger partial charge in [-0.15, -0.1) is 0 Å². The van der Waals surface area contributed by atoms with Crippen LogP contribution in [0.15, 0.2) is 36.5 Å². The number of aromatic nitrogens is 1. The SMILES string of the molecule is CC1CCC=CC2CC2(C(=O)NS(=O)(=O)C2(C)CC2)NC(=O)C2CC(Oc3nccc4c5c(ccc34)CCO5)CN2C(=O)C(NC(=O)OC(C)(C)C)C(C)C1. The molecule has 2 aromatic rings. The standard InChI is InChI=1S/C40H53N5O9S/c1-23-9-7-8-10-26-21-40(26,36(48)44-55(50,51)39(6)15-16-39)43-33(46)30-20-27(53-34-29-12-11-25-14-18-52-32(25)28(29)13-17-41-34)22-45(30)35(47)31(24(2)19-23)42-37(49)54-38(3,4)5/h8,10-13,17,23-24,26-27,30-31H,7,9,14-16,18-22H2,1-6H3,(H,42,49)(H,43,46)(H,44,48). The summed E-state index contributed by atoms with van der Waals surface area (Å²) in [6, 6.07) is 3.62. The third-order valence-electron chi connectivity index (χ3n) is 11.8. The number of benzene rings is 1. The Morgan fingerprint density at radius 1 is 1.09 bits per heavy atom. The fourth-order valence-electron chi connectivity index (χ4n) is 8.16. The second-order valence-electron chi connectivity index (χ2n) is 17.4. The van der Waals surface area contributed by atoms with Crippen LogP contribution in [0.2, 0.25) is 0 Å². The van der Waals surface area contributed by atoms with Gasteiger partial charge >= 0.3 is 6.09 Å². The van der Waals surface area contributed by atoms with E-state index in [1.165, 1.54) is 4.90 Å². The predicted octanol–water partition coefficient (Wildman–Crippen LogP) is 4.30. The molecule has 1 aromatic heterocycles. The molecular formula is C40H53N5O9S. The smallest absolute Gasteiger partial charge is 0.408 e. The molecule has 1 aromatic carbocycles.